The van der Waals surface area contributed by atoms with Crippen molar-refractivity contribution in [1.29, 1.82) is 0 Å². The molecule has 1 aromatic heterocycles. The van der Waals surface area contributed by atoms with Gasteiger partial charge in [0.2, 0.25) is 0 Å². The average Bonchev–Trinajstić information content (AvgIpc) is 2.73. The monoisotopic (exact) mass is 194 g/mol. The predicted octanol–water partition coefficient (Wildman–Crippen LogP) is 1.15. The lowest BCUT2D eigenvalue weighted by Gasteiger charge is -2.37. The fourth-order valence-electron chi connectivity index (χ4n) is 2.42. The van der Waals surface area contributed by atoms with Gasteiger partial charge in [0.1, 0.15) is 0 Å². The SMILES string of the molecule is NCC1(c2cc[nH]c2)CCC(O)CC1. The Morgan fingerprint density at radius 2 is 2.21 bits per heavy atom. The third-order valence-electron chi connectivity index (χ3n) is 3.51. The highest BCUT2D eigenvalue weighted by Gasteiger charge is 2.35. The molecule has 0 aromatic carbocycles. The molecule has 0 atom stereocenters. The third-order valence-corrected chi connectivity index (χ3v) is 3.51. The summed E-state index contributed by atoms with van der Waals surface area (Å²) in [7, 11) is 0. The molecule has 78 valence electrons. The van der Waals surface area contributed by atoms with Crippen molar-refractivity contribution in [1.82, 2.24) is 4.98 Å². The Balaban J connectivity index is 2.19. The summed E-state index contributed by atoms with van der Waals surface area (Å²) in [6, 6.07) is 2.10. The van der Waals surface area contributed by atoms with Crippen LogP contribution in [0.1, 0.15) is 31.2 Å². The summed E-state index contributed by atoms with van der Waals surface area (Å²) in [6.07, 6.45) is 7.62. The topological polar surface area (TPSA) is 62.0 Å². The van der Waals surface area contributed by atoms with Crippen molar-refractivity contribution in [2.24, 2.45) is 5.73 Å². The summed E-state index contributed by atoms with van der Waals surface area (Å²) >= 11 is 0. The molecule has 2 rings (SSSR count). The van der Waals surface area contributed by atoms with Crippen LogP contribution in [0.4, 0.5) is 0 Å². The minimum absolute atomic E-state index is 0.110. The number of hydrogen-bond acceptors (Lipinski definition) is 2. The van der Waals surface area contributed by atoms with Gasteiger partial charge in [-0.25, -0.2) is 0 Å². The first kappa shape index (κ1) is 9.74. The van der Waals surface area contributed by atoms with Crippen LogP contribution in [0.15, 0.2) is 18.5 Å². The summed E-state index contributed by atoms with van der Waals surface area (Å²) in [5, 5.41) is 9.49. The van der Waals surface area contributed by atoms with Crippen LogP contribution >= 0.6 is 0 Å². The van der Waals surface area contributed by atoms with Crippen molar-refractivity contribution in [2.45, 2.75) is 37.2 Å². The molecular formula is C11H18N2O. The number of rotatable bonds is 2. The number of aromatic amines is 1. The van der Waals surface area contributed by atoms with Crippen molar-refractivity contribution >= 4 is 0 Å². The largest absolute Gasteiger partial charge is 0.393 e. The molecule has 1 aliphatic carbocycles. The first-order valence-electron chi connectivity index (χ1n) is 5.28. The highest BCUT2D eigenvalue weighted by atomic mass is 16.3. The smallest absolute Gasteiger partial charge is 0.0541 e. The Hall–Kier alpha value is -0.800. The van der Waals surface area contributed by atoms with E-state index in [2.05, 4.69) is 11.1 Å². The maximum Gasteiger partial charge on any atom is 0.0541 e. The average molecular weight is 194 g/mol. The minimum Gasteiger partial charge on any atom is -0.393 e. The van der Waals surface area contributed by atoms with Crippen molar-refractivity contribution in [3.63, 3.8) is 0 Å². The van der Waals surface area contributed by atoms with Crippen molar-refractivity contribution < 1.29 is 5.11 Å². The van der Waals surface area contributed by atoms with Gasteiger partial charge in [-0.15, -0.1) is 0 Å². The van der Waals surface area contributed by atoms with E-state index in [1.807, 2.05) is 12.4 Å². The van der Waals surface area contributed by atoms with E-state index in [0.717, 1.165) is 25.7 Å². The minimum atomic E-state index is -0.117. The molecule has 1 heterocycles. The maximum absolute atomic E-state index is 9.49. The van der Waals surface area contributed by atoms with E-state index in [-0.39, 0.29) is 11.5 Å². The van der Waals surface area contributed by atoms with Crippen molar-refractivity contribution in [2.75, 3.05) is 6.54 Å². The van der Waals surface area contributed by atoms with Gasteiger partial charge in [-0.05, 0) is 37.3 Å². The molecule has 0 aliphatic heterocycles. The van der Waals surface area contributed by atoms with Gasteiger partial charge < -0.3 is 15.8 Å². The molecule has 3 heteroatoms. The van der Waals surface area contributed by atoms with Crippen LogP contribution in [-0.2, 0) is 5.41 Å². The van der Waals surface area contributed by atoms with Crippen molar-refractivity contribution in [3.05, 3.63) is 24.0 Å². The van der Waals surface area contributed by atoms with E-state index < -0.39 is 0 Å². The molecule has 1 aromatic rings. The molecule has 1 saturated carbocycles. The summed E-state index contributed by atoms with van der Waals surface area (Å²) in [5.74, 6) is 0. The Morgan fingerprint density at radius 3 is 2.71 bits per heavy atom. The first-order chi connectivity index (χ1) is 6.77. The summed E-state index contributed by atoms with van der Waals surface area (Å²) in [6.45, 7) is 0.678. The van der Waals surface area contributed by atoms with Gasteiger partial charge in [-0.2, -0.15) is 0 Å². The Morgan fingerprint density at radius 1 is 1.50 bits per heavy atom. The molecule has 1 aliphatic rings. The van der Waals surface area contributed by atoms with Gasteiger partial charge in [0.25, 0.3) is 0 Å². The summed E-state index contributed by atoms with van der Waals surface area (Å²) in [5.41, 5.74) is 7.29. The van der Waals surface area contributed by atoms with Gasteiger partial charge in [0.15, 0.2) is 0 Å². The zero-order chi connectivity index (χ0) is 10.0. The molecule has 3 nitrogen and oxygen atoms in total. The van der Waals surface area contributed by atoms with Crippen LogP contribution in [0.3, 0.4) is 0 Å². The van der Waals surface area contributed by atoms with Gasteiger partial charge in [-0.1, -0.05) is 0 Å². The normalized spacial score (nSPS) is 33.1. The zero-order valence-electron chi connectivity index (χ0n) is 8.37. The van der Waals surface area contributed by atoms with Gasteiger partial charge >= 0.3 is 0 Å². The number of nitrogens with two attached hydrogens (primary N) is 1. The lowest BCUT2D eigenvalue weighted by molar-refractivity contribution is 0.0975. The molecular weight excluding hydrogens is 176 g/mol. The lowest BCUT2D eigenvalue weighted by Crippen LogP contribution is -2.39. The number of aromatic nitrogens is 1. The molecule has 4 N–H and O–H groups in total. The lowest BCUT2D eigenvalue weighted by atomic mass is 9.69. The standard InChI is InChI=1S/C11H18N2O/c12-8-11(9-3-6-13-7-9)4-1-10(14)2-5-11/h3,6-7,10,13-14H,1-2,4-5,8,12H2. The second kappa shape index (κ2) is 3.75. The summed E-state index contributed by atoms with van der Waals surface area (Å²) in [4.78, 5) is 3.08. The van der Waals surface area contributed by atoms with Gasteiger partial charge in [-0.3, -0.25) is 0 Å². The quantitative estimate of drug-likeness (QED) is 0.661. The van der Waals surface area contributed by atoms with Crippen LogP contribution in [0.25, 0.3) is 0 Å². The number of aliphatic hydroxyl groups is 1. The Bertz CT molecular complexity index is 273. The molecule has 1 fully saturated rings. The Kier molecular flexibility index (Phi) is 2.61. The van der Waals surface area contributed by atoms with E-state index in [9.17, 15) is 5.11 Å². The number of aliphatic hydroxyl groups excluding tert-OH is 1. The van der Waals surface area contributed by atoms with Crippen LogP contribution in [0.2, 0.25) is 0 Å². The molecule has 0 saturated heterocycles. The summed E-state index contributed by atoms with van der Waals surface area (Å²) < 4.78 is 0. The van der Waals surface area contributed by atoms with Crippen LogP contribution in [-0.4, -0.2) is 22.7 Å². The molecule has 0 unspecified atom stereocenters. The Labute approximate surface area is 84.3 Å². The van der Waals surface area contributed by atoms with Gasteiger partial charge in [0, 0.05) is 24.4 Å². The highest BCUT2D eigenvalue weighted by molar-refractivity contribution is 5.23. The van der Waals surface area contributed by atoms with E-state index >= 15 is 0 Å². The van der Waals surface area contributed by atoms with E-state index in [4.69, 9.17) is 5.73 Å². The van der Waals surface area contributed by atoms with E-state index in [0.29, 0.717) is 6.54 Å². The van der Waals surface area contributed by atoms with E-state index in [1.165, 1.54) is 5.56 Å². The molecule has 0 spiro atoms. The second-order valence-corrected chi connectivity index (χ2v) is 4.32. The zero-order valence-corrected chi connectivity index (χ0v) is 8.37. The molecule has 0 amide bonds. The predicted molar refractivity (Wildman–Crippen MR) is 56.0 cm³/mol. The van der Waals surface area contributed by atoms with Crippen LogP contribution < -0.4 is 5.73 Å². The van der Waals surface area contributed by atoms with Crippen LogP contribution in [0.5, 0.6) is 0 Å². The third kappa shape index (κ3) is 1.57. The number of H-pyrrole nitrogens is 1. The number of hydrogen-bond donors (Lipinski definition) is 3. The maximum atomic E-state index is 9.49. The fourth-order valence-corrected chi connectivity index (χ4v) is 2.42. The fraction of sp³-hybridized carbons (Fsp3) is 0.636. The second-order valence-electron chi connectivity index (χ2n) is 4.32. The van der Waals surface area contributed by atoms with Gasteiger partial charge in [0.05, 0.1) is 6.10 Å². The molecule has 0 bridgehead atoms. The van der Waals surface area contributed by atoms with Crippen LogP contribution in [0, 0.1) is 0 Å². The number of nitrogens with one attached hydrogen (secondary N) is 1. The first-order valence-corrected chi connectivity index (χ1v) is 5.28. The molecule has 14 heavy (non-hydrogen) atoms. The van der Waals surface area contributed by atoms with Crippen molar-refractivity contribution in [3.8, 4) is 0 Å². The van der Waals surface area contributed by atoms with E-state index in [1.54, 1.807) is 0 Å². The molecule has 0 radical (unpaired) electrons. The highest BCUT2D eigenvalue weighted by Crippen LogP contribution is 2.38.